The average Bonchev–Trinajstić information content (AvgIpc) is 4.03. The highest BCUT2D eigenvalue weighted by molar-refractivity contribution is 6.22. The van der Waals surface area contributed by atoms with Crippen LogP contribution in [0.2, 0.25) is 0 Å². The molecule has 2 heterocycles. The van der Waals surface area contributed by atoms with Crippen molar-refractivity contribution in [2.45, 2.75) is 19.3 Å². The standard InChI is InChI=1S/C63H42N2O2/c1-63(2)59-47-28-12-10-24-43(47)55(65(40-21-7-4-8-22-40)54-32-18-30-50-45-26-14-16-34-57(45)67-62(50)54)38-52(59)58-46-27-11-9-23-42(46)51-37-41(35-36-48(51)60(58)63)64(39-19-5-3-6-20-39)53-31-17-29-49-44-25-13-15-33-56(44)66-61(49)53/h3-38H,1-2H3. The van der Waals surface area contributed by atoms with Crippen LogP contribution in [-0.4, -0.2) is 0 Å². The topological polar surface area (TPSA) is 32.8 Å². The third kappa shape index (κ3) is 5.41. The summed E-state index contributed by atoms with van der Waals surface area (Å²) in [5.74, 6) is 0. The molecule has 11 aromatic carbocycles. The largest absolute Gasteiger partial charge is 0.454 e. The monoisotopic (exact) mass is 858 g/mol. The summed E-state index contributed by atoms with van der Waals surface area (Å²) in [5.41, 5.74) is 14.7. The van der Waals surface area contributed by atoms with Crippen LogP contribution >= 0.6 is 0 Å². The Hall–Kier alpha value is -8.60. The Balaban J connectivity index is 1.04. The Kier molecular flexibility index (Phi) is 8.00. The van der Waals surface area contributed by atoms with Gasteiger partial charge in [-0.1, -0.05) is 166 Å². The van der Waals surface area contributed by atoms with Crippen LogP contribution in [0.1, 0.15) is 25.0 Å². The molecule has 0 fully saturated rings. The number of para-hydroxylation sites is 6. The van der Waals surface area contributed by atoms with E-state index in [0.29, 0.717) is 0 Å². The molecule has 67 heavy (non-hydrogen) atoms. The summed E-state index contributed by atoms with van der Waals surface area (Å²) in [4.78, 5) is 4.76. The van der Waals surface area contributed by atoms with Crippen molar-refractivity contribution in [2.75, 3.05) is 9.80 Å². The molecule has 4 nitrogen and oxygen atoms in total. The smallest absolute Gasteiger partial charge is 0.159 e. The molecule has 1 aliphatic rings. The molecular formula is C63H42N2O2. The minimum Gasteiger partial charge on any atom is -0.454 e. The minimum atomic E-state index is -0.345. The molecule has 2 aromatic heterocycles. The summed E-state index contributed by atoms with van der Waals surface area (Å²) in [5, 5.41) is 11.8. The van der Waals surface area contributed by atoms with E-state index >= 15 is 0 Å². The van der Waals surface area contributed by atoms with Gasteiger partial charge in [0.2, 0.25) is 0 Å². The maximum Gasteiger partial charge on any atom is 0.159 e. The number of furan rings is 2. The van der Waals surface area contributed by atoms with E-state index in [4.69, 9.17) is 8.83 Å². The summed E-state index contributed by atoms with van der Waals surface area (Å²) in [6.45, 7) is 4.85. The van der Waals surface area contributed by atoms with E-state index < -0.39 is 0 Å². The zero-order valence-electron chi connectivity index (χ0n) is 37.0. The molecule has 0 bridgehead atoms. The maximum atomic E-state index is 6.77. The van der Waals surface area contributed by atoms with Crippen LogP contribution in [0.25, 0.3) is 87.3 Å². The summed E-state index contributed by atoms with van der Waals surface area (Å²) in [7, 11) is 0. The second-order valence-corrected chi connectivity index (χ2v) is 18.4. The van der Waals surface area contributed by atoms with Gasteiger partial charge in [0.1, 0.15) is 11.2 Å². The number of rotatable bonds is 6. The van der Waals surface area contributed by atoms with Crippen molar-refractivity contribution in [3.63, 3.8) is 0 Å². The Morgan fingerprint density at radius 2 is 0.791 bits per heavy atom. The van der Waals surface area contributed by atoms with Crippen molar-refractivity contribution >= 4 is 110 Å². The molecule has 13 aromatic rings. The maximum absolute atomic E-state index is 6.77. The fraction of sp³-hybridized carbons (Fsp3) is 0.0476. The summed E-state index contributed by atoms with van der Waals surface area (Å²) < 4.78 is 13.5. The molecular weight excluding hydrogens is 817 g/mol. The lowest BCUT2D eigenvalue weighted by molar-refractivity contribution is 0.668. The van der Waals surface area contributed by atoms with Crippen molar-refractivity contribution in [3.8, 4) is 11.1 Å². The normalized spacial score (nSPS) is 13.0. The molecule has 0 saturated carbocycles. The first kappa shape index (κ1) is 37.7. The van der Waals surface area contributed by atoms with E-state index in [2.05, 4.69) is 230 Å². The Morgan fingerprint density at radius 3 is 1.42 bits per heavy atom. The molecule has 0 N–H and O–H groups in total. The number of hydrogen-bond acceptors (Lipinski definition) is 4. The molecule has 14 rings (SSSR count). The third-order valence-corrected chi connectivity index (χ3v) is 14.3. The number of hydrogen-bond donors (Lipinski definition) is 0. The van der Waals surface area contributed by atoms with Crippen molar-refractivity contribution < 1.29 is 8.83 Å². The van der Waals surface area contributed by atoms with Gasteiger partial charge in [0.25, 0.3) is 0 Å². The SMILES string of the molecule is CC1(C)c2c(cc(N(c3ccccc3)c3cccc4c3oc3ccccc34)c3ccccc23)-c2c1c1ccc(N(c3ccccc3)c3cccc4c3oc3ccccc34)cc1c1ccccc21. The van der Waals surface area contributed by atoms with Gasteiger partial charge in [-0.25, -0.2) is 0 Å². The number of nitrogens with zero attached hydrogens (tertiary/aromatic N) is 2. The highest BCUT2D eigenvalue weighted by atomic mass is 16.3. The van der Waals surface area contributed by atoms with Gasteiger partial charge in [0.15, 0.2) is 11.2 Å². The zero-order valence-corrected chi connectivity index (χ0v) is 37.0. The lowest BCUT2D eigenvalue weighted by atomic mass is 9.77. The molecule has 0 unspecified atom stereocenters. The lowest BCUT2D eigenvalue weighted by Gasteiger charge is -2.30. The summed E-state index contributed by atoms with van der Waals surface area (Å²) in [6.07, 6.45) is 0. The van der Waals surface area contributed by atoms with Crippen LogP contribution in [0.3, 0.4) is 0 Å². The summed E-state index contributed by atoms with van der Waals surface area (Å²) >= 11 is 0. The molecule has 0 aliphatic heterocycles. The van der Waals surface area contributed by atoms with Gasteiger partial charge in [-0.3, -0.25) is 0 Å². The van der Waals surface area contributed by atoms with Crippen molar-refractivity contribution in [1.82, 2.24) is 0 Å². The molecule has 0 atom stereocenters. The van der Waals surface area contributed by atoms with Gasteiger partial charge >= 0.3 is 0 Å². The van der Waals surface area contributed by atoms with Gasteiger partial charge < -0.3 is 18.6 Å². The highest BCUT2D eigenvalue weighted by Crippen LogP contribution is 2.59. The molecule has 0 saturated heterocycles. The average molecular weight is 859 g/mol. The van der Waals surface area contributed by atoms with Crippen LogP contribution in [0, 0.1) is 0 Å². The van der Waals surface area contributed by atoms with Crippen LogP contribution in [0.4, 0.5) is 34.1 Å². The minimum absolute atomic E-state index is 0.345. The van der Waals surface area contributed by atoms with Crippen LogP contribution in [0.15, 0.2) is 227 Å². The predicted octanol–water partition coefficient (Wildman–Crippen LogP) is 18.2. The number of anilines is 6. The first-order valence-corrected chi connectivity index (χ1v) is 23.1. The molecule has 0 spiro atoms. The van der Waals surface area contributed by atoms with E-state index in [9.17, 15) is 0 Å². The van der Waals surface area contributed by atoms with E-state index in [0.717, 1.165) is 78.0 Å². The first-order chi connectivity index (χ1) is 33.0. The van der Waals surface area contributed by atoms with E-state index in [1.807, 2.05) is 12.1 Å². The fourth-order valence-electron chi connectivity index (χ4n) is 11.6. The second-order valence-electron chi connectivity index (χ2n) is 18.4. The number of fused-ring (bicyclic) bond motifs is 16. The third-order valence-electron chi connectivity index (χ3n) is 14.3. The van der Waals surface area contributed by atoms with E-state index in [1.54, 1.807) is 0 Å². The fourth-order valence-corrected chi connectivity index (χ4v) is 11.6. The predicted molar refractivity (Wildman–Crippen MR) is 280 cm³/mol. The molecule has 0 amide bonds. The Labute approximate surface area is 387 Å². The number of benzene rings is 11. The summed E-state index contributed by atoms with van der Waals surface area (Å²) in [6, 6.07) is 78.7. The second kappa shape index (κ2) is 14.2. The van der Waals surface area contributed by atoms with Gasteiger partial charge in [-0.05, 0) is 116 Å². The van der Waals surface area contributed by atoms with Gasteiger partial charge in [-0.2, -0.15) is 0 Å². The Morgan fingerprint density at radius 1 is 0.313 bits per heavy atom. The van der Waals surface area contributed by atoms with E-state index in [-0.39, 0.29) is 5.41 Å². The quantitative estimate of drug-likeness (QED) is 0.156. The molecule has 4 heteroatoms. The molecule has 1 aliphatic carbocycles. The van der Waals surface area contributed by atoms with Crippen molar-refractivity contribution in [3.05, 3.63) is 230 Å². The van der Waals surface area contributed by atoms with Crippen molar-refractivity contribution in [1.29, 1.82) is 0 Å². The zero-order chi connectivity index (χ0) is 44.4. The lowest BCUT2D eigenvalue weighted by Crippen LogP contribution is -2.17. The van der Waals surface area contributed by atoms with Crippen LogP contribution in [0.5, 0.6) is 0 Å². The van der Waals surface area contributed by atoms with Gasteiger partial charge in [-0.15, -0.1) is 0 Å². The van der Waals surface area contributed by atoms with Crippen LogP contribution in [-0.2, 0) is 5.41 Å². The highest BCUT2D eigenvalue weighted by Gasteiger charge is 2.41. The molecule has 316 valence electrons. The van der Waals surface area contributed by atoms with Crippen molar-refractivity contribution in [2.24, 2.45) is 0 Å². The Bertz CT molecular complexity index is 4140. The van der Waals surface area contributed by atoms with E-state index in [1.165, 1.54) is 54.6 Å². The van der Waals surface area contributed by atoms with Gasteiger partial charge in [0, 0.05) is 49.4 Å². The van der Waals surface area contributed by atoms with Crippen LogP contribution < -0.4 is 9.80 Å². The molecule has 0 radical (unpaired) electrons. The van der Waals surface area contributed by atoms with Gasteiger partial charge in [0.05, 0.1) is 17.1 Å². The first-order valence-electron chi connectivity index (χ1n) is 23.1.